The number of hydrogen-bond acceptors (Lipinski definition) is 4. The van der Waals surface area contributed by atoms with Gasteiger partial charge in [-0.15, -0.1) is 11.3 Å². The van der Waals surface area contributed by atoms with Crippen LogP contribution in [0.2, 0.25) is 0 Å². The van der Waals surface area contributed by atoms with Gasteiger partial charge in [-0.05, 0) is 24.6 Å². The lowest BCUT2D eigenvalue weighted by Crippen LogP contribution is -2.07. The molecule has 0 spiro atoms. The first kappa shape index (κ1) is 12.1. The van der Waals surface area contributed by atoms with Gasteiger partial charge in [-0.2, -0.15) is 0 Å². The first-order valence-corrected chi connectivity index (χ1v) is 7.24. The second kappa shape index (κ2) is 5.36. The maximum absolute atomic E-state index is 4.66. The van der Waals surface area contributed by atoms with Crippen LogP contribution in [0.3, 0.4) is 0 Å². The lowest BCUT2D eigenvalue weighted by atomic mass is 10.1. The zero-order chi connectivity index (χ0) is 13.1. The van der Waals surface area contributed by atoms with Crippen LogP contribution in [0.15, 0.2) is 41.2 Å². The van der Waals surface area contributed by atoms with Crippen molar-refractivity contribution < 1.29 is 0 Å². The molecular formula is C15H15N3S. The van der Waals surface area contributed by atoms with Crippen LogP contribution in [0, 0.1) is 6.92 Å². The molecule has 19 heavy (non-hydrogen) atoms. The van der Waals surface area contributed by atoms with Gasteiger partial charge in [-0.1, -0.05) is 18.2 Å². The molecule has 3 nitrogen and oxygen atoms in total. The van der Waals surface area contributed by atoms with E-state index in [2.05, 4.69) is 39.7 Å². The van der Waals surface area contributed by atoms with E-state index in [0.717, 1.165) is 30.0 Å². The molecule has 2 aromatic heterocycles. The molecule has 1 N–H and O–H groups in total. The molecule has 0 unspecified atom stereocenters. The Balaban J connectivity index is 1.75. The van der Waals surface area contributed by atoms with Crippen molar-refractivity contribution in [2.45, 2.75) is 13.3 Å². The Morgan fingerprint density at radius 1 is 1.26 bits per heavy atom. The molecule has 0 fully saturated rings. The number of anilines is 1. The number of nitrogens with zero attached hydrogens (tertiary/aromatic N) is 2. The largest absolute Gasteiger partial charge is 0.369 e. The van der Waals surface area contributed by atoms with Crippen molar-refractivity contribution in [3.8, 4) is 0 Å². The zero-order valence-corrected chi connectivity index (χ0v) is 11.6. The summed E-state index contributed by atoms with van der Waals surface area (Å²) >= 11 is 1.64. The van der Waals surface area contributed by atoms with Crippen molar-refractivity contribution in [3.63, 3.8) is 0 Å². The van der Waals surface area contributed by atoms with Gasteiger partial charge in [0.2, 0.25) is 0 Å². The minimum absolute atomic E-state index is 0.857. The predicted octanol–water partition coefficient (Wildman–Crippen LogP) is 3.65. The summed E-state index contributed by atoms with van der Waals surface area (Å²) in [4.78, 5) is 8.94. The molecule has 0 saturated carbocycles. The van der Waals surface area contributed by atoms with E-state index in [-0.39, 0.29) is 0 Å². The van der Waals surface area contributed by atoms with Gasteiger partial charge < -0.3 is 5.32 Å². The molecule has 0 saturated heterocycles. The molecule has 0 aliphatic carbocycles. The predicted molar refractivity (Wildman–Crippen MR) is 80.8 cm³/mol. The lowest BCUT2D eigenvalue weighted by molar-refractivity contribution is 0.967. The maximum Gasteiger partial charge on any atom is 0.129 e. The molecule has 4 heteroatoms. The fraction of sp³-hybridized carbons (Fsp3) is 0.200. The number of hydrogen-bond donors (Lipinski definition) is 1. The third-order valence-electron chi connectivity index (χ3n) is 3.07. The molecule has 96 valence electrons. The first-order chi connectivity index (χ1) is 9.33. The number of nitrogens with one attached hydrogen (secondary N) is 1. The first-order valence-electron chi connectivity index (χ1n) is 6.30. The standard InChI is InChI=1S/C15H15N3S/c1-11-8-12-4-2-3-5-14(12)18-15(11)16-7-6-13-9-19-10-17-13/h2-5,8-10H,6-7H2,1H3,(H,16,18). The van der Waals surface area contributed by atoms with Crippen molar-refractivity contribution in [3.05, 3.63) is 52.5 Å². The molecule has 0 amide bonds. The van der Waals surface area contributed by atoms with E-state index in [1.807, 2.05) is 23.7 Å². The molecular weight excluding hydrogens is 254 g/mol. The second-order valence-corrected chi connectivity index (χ2v) is 5.22. The minimum Gasteiger partial charge on any atom is -0.369 e. The SMILES string of the molecule is Cc1cc2ccccc2nc1NCCc1cscn1. The quantitative estimate of drug-likeness (QED) is 0.785. The summed E-state index contributed by atoms with van der Waals surface area (Å²) in [6, 6.07) is 10.4. The third kappa shape index (κ3) is 2.74. The Hall–Kier alpha value is -1.94. The van der Waals surface area contributed by atoms with Crippen LogP contribution < -0.4 is 5.32 Å². The minimum atomic E-state index is 0.857. The van der Waals surface area contributed by atoms with Gasteiger partial charge in [-0.25, -0.2) is 9.97 Å². The van der Waals surface area contributed by atoms with Crippen molar-refractivity contribution >= 4 is 28.1 Å². The van der Waals surface area contributed by atoms with Crippen molar-refractivity contribution in [1.82, 2.24) is 9.97 Å². The van der Waals surface area contributed by atoms with Crippen LogP contribution in [0.4, 0.5) is 5.82 Å². The number of pyridine rings is 1. The van der Waals surface area contributed by atoms with Crippen LogP contribution >= 0.6 is 11.3 Å². The number of benzene rings is 1. The average Bonchev–Trinajstić information content (AvgIpc) is 2.92. The van der Waals surface area contributed by atoms with Crippen LogP contribution in [-0.2, 0) is 6.42 Å². The highest BCUT2D eigenvalue weighted by atomic mass is 32.1. The summed E-state index contributed by atoms with van der Waals surface area (Å²) in [5.41, 5.74) is 5.21. The second-order valence-electron chi connectivity index (χ2n) is 4.50. The highest BCUT2D eigenvalue weighted by Crippen LogP contribution is 2.19. The summed E-state index contributed by atoms with van der Waals surface area (Å²) in [5, 5.41) is 6.67. The van der Waals surface area contributed by atoms with E-state index in [1.165, 1.54) is 10.9 Å². The summed E-state index contributed by atoms with van der Waals surface area (Å²) in [5.74, 6) is 0.967. The van der Waals surface area contributed by atoms with E-state index < -0.39 is 0 Å². The van der Waals surface area contributed by atoms with Gasteiger partial charge in [-0.3, -0.25) is 0 Å². The Bertz CT molecular complexity index is 677. The number of thiazole rings is 1. The van der Waals surface area contributed by atoms with Gasteiger partial charge in [0.05, 0.1) is 16.7 Å². The van der Waals surface area contributed by atoms with Crippen molar-refractivity contribution in [2.75, 3.05) is 11.9 Å². The Labute approximate surface area is 116 Å². The molecule has 3 aromatic rings. The fourth-order valence-corrected chi connectivity index (χ4v) is 2.66. The van der Waals surface area contributed by atoms with Crippen LogP contribution in [0.25, 0.3) is 10.9 Å². The molecule has 0 aliphatic rings. The Morgan fingerprint density at radius 2 is 2.16 bits per heavy atom. The number of aromatic nitrogens is 2. The maximum atomic E-state index is 4.66. The summed E-state index contributed by atoms with van der Waals surface area (Å²) in [6.45, 7) is 2.94. The molecule has 3 rings (SSSR count). The summed E-state index contributed by atoms with van der Waals surface area (Å²) in [6.07, 6.45) is 0.928. The van der Waals surface area contributed by atoms with E-state index >= 15 is 0 Å². The lowest BCUT2D eigenvalue weighted by Gasteiger charge is -2.09. The van der Waals surface area contributed by atoms with Gasteiger partial charge in [0, 0.05) is 23.7 Å². The van der Waals surface area contributed by atoms with Gasteiger partial charge >= 0.3 is 0 Å². The molecule has 2 heterocycles. The molecule has 0 bridgehead atoms. The van der Waals surface area contributed by atoms with Crippen molar-refractivity contribution in [1.29, 1.82) is 0 Å². The highest BCUT2D eigenvalue weighted by molar-refractivity contribution is 7.07. The summed E-state index contributed by atoms with van der Waals surface area (Å²) in [7, 11) is 0. The number of aryl methyl sites for hydroxylation is 1. The third-order valence-corrected chi connectivity index (χ3v) is 3.71. The Morgan fingerprint density at radius 3 is 3.00 bits per heavy atom. The normalized spacial score (nSPS) is 10.8. The number of fused-ring (bicyclic) bond motifs is 1. The van der Waals surface area contributed by atoms with E-state index in [1.54, 1.807) is 11.3 Å². The fourth-order valence-electron chi connectivity index (χ4n) is 2.07. The van der Waals surface area contributed by atoms with Gasteiger partial charge in [0.25, 0.3) is 0 Å². The smallest absolute Gasteiger partial charge is 0.129 e. The van der Waals surface area contributed by atoms with Gasteiger partial charge in [0.15, 0.2) is 0 Å². The van der Waals surface area contributed by atoms with Gasteiger partial charge in [0.1, 0.15) is 5.82 Å². The van der Waals surface area contributed by atoms with E-state index in [0.29, 0.717) is 0 Å². The number of para-hydroxylation sites is 1. The topological polar surface area (TPSA) is 37.8 Å². The molecule has 0 atom stereocenters. The molecule has 1 aromatic carbocycles. The van der Waals surface area contributed by atoms with Crippen LogP contribution in [0.5, 0.6) is 0 Å². The highest BCUT2D eigenvalue weighted by Gasteiger charge is 2.03. The average molecular weight is 269 g/mol. The van der Waals surface area contributed by atoms with Crippen LogP contribution in [0.1, 0.15) is 11.3 Å². The Kier molecular flexibility index (Phi) is 3.42. The van der Waals surface area contributed by atoms with Crippen LogP contribution in [-0.4, -0.2) is 16.5 Å². The van der Waals surface area contributed by atoms with E-state index in [4.69, 9.17) is 0 Å². The molecule has 0 radical (unpaired) electrons. The van der Waals surface area contributed by atoms with E-state index in [9.17, 15) is 0 Å². The van der Waals surface area contributed by atoms with Crippen molar-refractivity contribution in [2.24, 2.45) is 0 Å². The molecule has 0 aliphatic heterocycles. The summed E-state index contributed by atoms with van der Waals surface area (Å²) < 4.78 is 0. The zero-order valence-electron chi connectivity index (χ0n) is 10.8. The number of rotatable bonds is 4. The monoisotopic (exact) mass is 269 g/mol.